The molecule has 23 heavy (non-hydrogen) atoms. The largest absolute Gasteiger partial charge is 0.450 e. The summed E-state index contributed by atoms with van der Waals surface area (Å²) < 4.78 is 5.21. The van der Waals surface area contributed by atoms with Crippen molar-refractivity contribution in [2.24, 2.45) is 5.92 Å². The van der Waals surface area contributed by atoms with Crippen LogP contribution in [0.5, 0.6) is 0 Å². The molecule has 0 saturated carbocycles. The summed E-state index contributed by atoms with van der Waals surface area (Å²) in [4.78, 5) is 11.6. The average molecular weight is 318 g/mol. The van der Waals surface area contributed by atoms with Crippen LogP contribution in [-0.4, -0.2) is 19.2 Å². The minimum absolute atomic E-state index is 0.280. The van der Waals surface area contributed by atoms with Crippen LogP contribution in [0.1, 0.15) is 57.4 Å². The molecule has 0 heterocycles. The van der Waals surface area contributed by atoms with Crippen LogP contribution in [-0.2, 0) is 11.2 Å². The van der Waals surface area contributed by atoms with Crippen LogP contribution >= 0.6 is 0 Å². The highest BCUT2D eigenvalue weighted by Gasteiger charge is 2.06. The number of alkyl carbamates (subject to hydrolysis) is 1. The topological polar surface area (TPSA) is 38.3 Å². The van der Waals surface area contributed by atoms with Gasteiger partial charge in [-0.15, -0.1) is 0 Å². The van der Waals surface area contributed by atoms with E-state index >= 15 is 0 Å². The molecule has 1 radical (unpaired) electrons. The Morgan fingerprint density at radius 3 is 2.65 bits per heavy atom. The zero-order valence-electron chi connectivity index (χ0n) is 14.6. The molecule has 0 aromatic heterocycles. The maximum Gasteiger partial charge on any atom is 0.407 e. The van der Waals surface area contributed by atoms with Gasteiger partial charge < -0.3 is 10.1 Å². The first-order valence-corrected chi connectivity index (χ1v) is 9.00. The van der Waals surface area contributed by atoms with Crippen molar-refractivity contribution in [2.75, 3.05) is 13.2 Å². The molecule has 1 aromatic rings. The van der Waals surface area contributed by atoms with Crippen molar-refractivity contribution < 1.29 is 9.53 Å². The van der Waals surface area contributed by atoms with Gasteiger partial charge in [0.25, 0.3) is 0 Å². The molecule has 1 atom stereocenters. The summed E-state index contributed by atoms with van der Waals surface area (Å²) in [5.41, 5.74) is 1.37. The van der Waals surface area contributed by atoms with Crippen LogP contribution in [0.15, 0.2) is 30.3 Å². The summed E-state index contributed by atoms with van der Waals surface area (Å²) in [6, 6.07) is 10.5. The molecule has 0 aliphatic heterocycles. The highest BCUT2D eigenvalue weighted by molar-refractivity contribution is 5.66. The van der Waals surface area contributed by atoms with Gasteiger partial charge in [0.1, 0.15) is 0 Å². The zero-order valence-corrected chi connectivity index (χ0v) is 14.6. The summed E-state index contributed by atoms with van der Waals surface area (Å²) in [5, 5.41) is 2.84. The number of carbonyl (C=O) groups excluding carboxylic acids is 1. The fraction of sp³-hybridized carbons (Fsp3) is 0.600. The third kappa shape index (κ3) is 9.98. The minimum Gasteiger partial charge on any atom is -0.450 e. The van der Waals surface area contributed by atoms with E-state index < -0.39 is 0 Å². The van der Waals surface area contributed by atoms with Crippen molar-refractivity contribution in [3.63, 3.8) is 0 Å². The van der Waals surface area contributed by atoms with E-state index in [2.05, 4.69) is 43.4 Å². The first-order chi connectivity index (χ1) is 11.3. The fourth-order valence-electron chi connectivity index (χ4n) is 2.69. The number of carbonyl (C=O) groups is 1. The van der Waals surface area contributed by atoms with Gasteiger partial charge in [-0.1, -0.05) is 63.4 Å². The molecule has 1 amide bonds. The van der Waals surface area contributed by atoms with Crippen LogP contribution in [0.2, 0.25) is 0 Å². The molecule has 0 fully saturated rings. The first-order valence-electron chi connectivity index (χ1n) is 9.00. The average Bonchev–Trinajstić information content (AvgIpc) is 2.58. The summed E-state index contributed by atoms with van der Waals surface area (Å²) in [6.07, 6.45) is 8.23. The molecule has 1 rings (SSSR count). The van der Waals surface area contributed by atoms with Crippen molar-refractivity contribution in [1.82, 2.24) is 5.32 Å². The van der Waals surface area contributed by atoms with E-state index in [1.165, 1.54) is 5.56 Å². The van der Waals surface area contributed by atoms with E-state index in [4.69, 9.17) is 4.74 Å². The lowest BCUT2D eigenvalue weighted by Gasteiger charge is -2.13. The van der Waals surface area contributed by atoms with E-state index in [0.29, 0.717) is 19.1 Å². The highest BCUT2D eigenvalue weighted by atomic mass is 16.5. The molecule has 1 aromatic carbocycles. The summed E-state index contributed by atoms with van der Waals surface area (Å²) in [6.45, 7) is 7.29. The molecule has 1 N–H and O–H groups in total. The molecule has 3 heteroatoms. The molecule has 0 aliphatic rings. The summed E-state index contributed by atoms with van der Waals surface area (Å²) >= 11 is 0. The lowest BCUT2D eigenvalue weighted by molar-refractivity contribution is 0.143. The molecule has 0 bridgehead atoms. The smallest absolute Gasteiger partial charge is 0.407 e. The van der Waals surface area contributed by atoms with Crippen molar-refractivity contribution in [3.05, 3.63) is 42.8 Å². The Balaban J connectivity index is 1.95. The number of rotatable bonds is 12. The Bertz CT molecular complexity index is 405. The maximum atomic E-state index is 11.6. The fourth-order valence-corrected chi connectivity index (χ4v) is 2.69. The van der Waals surface area contributed by atoms with E-state index in [1.807, 2.05) is 6.07 Å². The lowest BCUT2D eigenvalue weighted by atomic mass is 9.97. The van der Waals surface area contributed by atoms with Crippen LogP contribution < -0.4 is 5.32 Å². The van der Waals surface area contributed by atoms with Crippen LogP contribution in [0, 0.1) is 12.8 Å². The van der Waals surface area contributed by atoms with Gasteiger partial charge in [0.05, 0.1) is 6.61 Å². The number of nitrogens with one attached hydrogen (secondary N) is 1. The first kappa shape index (κ1) is 19.5. The monoisotopic (exact) mass is 318 g/mol. The van der Waals surface area contributed by atoms with Gasteiger partial charge in [0.2, 0.25) is 0 Å². The van der Waals surface area contributed by atoms with Gasteiger partial charge in [-0.3, -0.25) is 0 Å². The summed E-state index contributed by atoms with van der Waals surface area (Å²) in [7, 11) is 0. The number of hydrogen-bond donors (Lipinski definition) is 1. The van der Waals surface area contributed by atoms with Gasteiger partial charge in [0, 0.05) is 6.54 Å². The summed E-state index contributed by atoms with van der Waals surface area (Å²) in [5.74, 6) is 0.658. The Hall–Kier alpha value is -1.51. The number of ether oxygens (including phenoxy) is 1. The second kappa shape index (κ2) is 13.0. The Morgan fingerprint density at radius 1 is 1.17 bits per heavy atom. The maximum absolute atomic E-state index is 11.6. The van der Waals surface area contributed by atoms with E-state index in [1.54, 1.807) is 0 Å². The lowest BCUT2D eigenvalue weighted by Crippen LogP contribution is -2.27. The van der Waals surface area contributed by atoms with E-state index in [-0.39, 0.29) is 6.09 Å². The van der Waals surface area contributed by atoms with Crippen LogP contribution in [0.4, 0.5) is 4.79 Å². The van der Waals surface area contributed by atoms with Crippen molar-refractivity contribution in [2.45, 2.75) is 58.3 Å². The molecule has 129 valence electrons. The molecule has 3 nitrogen and oxygen atoms in total. The second-order valence-electron chi connectivity index (χ2n) is 6.06. The van der Waals surface area contributed by atoms with Gasteiger partial charge >= 0.3 is 6.09 Å². The number of aryl methyl sites for hydroxylation is 1. The van der Waals surface area contributed by atoms with Crippen molar-refractivity contribution in [3.8, 4) is 0 Å². The van der Waals surface area contributed by atoms with Crippen LogP contribution in [0.25, 0.3) is 0 Å². The minimum atomic E-state index is -0.280. The normalized spacial score (nSPS) is 11.9. The predicted molar refractivity (Wildman–Crippen MR) is 96.3 cm³/mol. The van der Waals surface area contributed by atoms with Gasteiger partial charge in [0.15, 0.2) is 0 Å². The predicted octanol–water partition coefficient (Wildman–Crippen LogP) is 5.16. The number of benzene rings is 1. The zero-order chi connectivity index (χ0) is 16.8. The molecular weight excluding hydrogens is 286 g/mol. The van der Waals surface area contributed by atoms with Gasteiger partial charge in [-0.25, -0.2) is 4.79 Å². The van der Waals surface area contributed by atoms with Crippen molar-refractivity contribution >= 4 is 6.09 Å². The molecule has 1 unspecified atom stereocenters. The molecule has 0 aliphatic carbocycles. The molecule has 0 saturated heterocycles. The molecule has 0 spiro atoms. The third-order valence-corrected chi connectivity index (χ3v) is 4.20. The van der Waals surface area contributed by atoms with Crippen molar-refractivity contribution in [1.29, 1.82) is 0 Å². The number of unbranched alkanes of at least 4 members (excludes halogenated alkanes) is 2. The standard InChI is InChI=1S/C20H32NO2/c1-3-11-18(4-2)15-16-21-20(22)23-17-10-6-9-14-19-12-7-5-8-13-19/h5,7-8,12-13,18H,1,3-4,6,9-11,14-17H2,2H3,(H,21,22). The highest BCUT2D eigenvalue weighted by Crippen LogP contribution is 2.13. The third-order valence-electron chi connectivity index (χ3n) is 4.20. The van der Waals surface area contributed by atoms with E-state index in [9.17, 15) is 4.79 Å². The molecular formula is C20H32NO2. The SMILES string of the molecule is [CH2]CCC(CC)CCNC(=O)OCCCCCc1ccccc1. The Kier molecular flexibility index (Phi) is 11.0. The Morgan fingerprint density at radius 2 is 1.96 bits per heavy atom. The Labute approximate surface area is 141 Å². The van der Waals surface area contributed by atoms with Gasteiger partial charge in [-0.05, 0) is 43.6 Å². The van der Waals surface area contributed by atoms with E-state index in [0.717, 1.165) is 51.4 Å². The number of amides is 1. The number of hydrogen-bond acceptors (Lipinski definition) is 2. The van der Waals surface area contributed by atoms with Gasteiger partial charge in [-0.2, -0.15) is 0 Å². The second-order valence-corrected chi connectivity index (χ2v) is 6.06. The quantitative estimate of drug-likeness (QED) is 0.541. The van der Waals surface area contributed by atoms with Crippen LogP contribution in [0.3, 0.4) is 0 Å².